The fraction of sp³-hybridized carbons (Fsp3) is 0. The molecule has 0 bridgehead atoms. The number of aliphatic hydroxyl groups excluding tert-OH is 1. The molecule has 0 aliphatic heterocycles. The number of anilines is 1. The summed E-state index contributed by atoms with van der Waals surface area (Å²) in [5, 5.41) is 8.90. The second kappa shape index (κ2) is 2.43. The van der Waals surface area contributed by atoms with Crippen LogP contribution < -0.4 is 5.73 Å². The molecule has 0 aliphatic carbocycles. The van der Waals surface area contributed by atoms with Gasteiger partial charge in [0.15, 0.2) is 0 Å². The normalized spacial score (nSPS) is 9.20. The molecule has 52 valence electrons. The molecule has 0 atom stereocenters. The van der Waals surface area contributed by atoms with Gasteiger partial charge in [0.2, 0.25) is 0 Å². The van der Waals surface area contributed by atoms with Crippen LogP contribution in [0.2, 0.25) is 0 Å². The van der Waals surface area contributed by atoms with Crippen LogP contribution in [0.1, 0.15) is 5.56 Å². The van der Waals surface area contributed by atoms with Crippen molar-refractivity contribution in [3.8, 4) is 0 Å². The van der Waals surface area contributed by atoms with E-state index in [0.717, 1.165) is 0 Å². The van der Waals surface area contributed by atoms with Gasteiger partial charge in [-0.15, -0.1) is 0 Å². The number of nitrogens with two attached hydrogens (primary N) is 1. The number of aliphatic hydroxyl groups is 1. The summed E-state index contributed by atoms with van der Waals surface area (Å²) in [5.41, 5.74) is 6.74. The Hall–Kier alpha value is -1.44. The van der Waals surface area contributed by atoms with Crippen LogP contribution >= 0.6 is 0 Å². The summed E-state index contributed by atoms with van der Waals surface area (Å²) in [5.74, 6) is 0.0484. The number of nitrogen functional groups attached to an aromatic ring is 1. The Balaban J connectivity index is 3.07. The van der Waals surface area contributed by atoms with Crippen LogP contribution in [0.15, 0.2) is 30.8 Å². The van der Waals surface area contributed by atoms with Crippen molar-refractivity contribution in [2.45, 2.75) is 0 Å². The van der Waals surface area contributed by atoms with Gasteiger partial charge in [-0.2, -0.15) is 0 Å². The highest BCUT2D eigenvalue weighted by molar-refractivity contribution is 5.60. The Bertz CT molecular complexity index is 255. The van der Waals surface area contributed by atoms with Gasteiger partial charge in [0.1, 0.15) is 5.76 Å². The highest BCUT2D eigenvalue weighted by Gasteiger charge is 1.93. The smallest absolute Gasteiger partial charge is 0.115 e. The zero-order chi connectivity index (χ0) is 7.56. The summed E-state index contributed by atoms with van der Waals surface area (Å²) in [6.07, 6.45) is 0. The van der Waals surface area contributed by atoms with Gasteiger partial charge in [0, 0.05) is 11.3 Å². The number of benzene rings is 1. The molecular weight excluding hydrogens is 126 g/mol. The molecule has 0 saturated heterocycles. The van der Waals surface area contributed by atoms with Gasteiger partial charge >= 0.3 is 0 Å². The lowest BCUT2D eigenvalue weighted by molar-refractivity contribution is 0.514. The van der Waals surface area contributed by atoms with E-state index in [1.54, 1.807) is 24.3 Å². The Labute approximate surface area is 59.6 Å². The number of hydrogen-bond donors (Lipinski definition) is 2. The third kappa shape index (κ3) is 1.29. The predicted octanol–water partition coefficient (Wildman–Crippen LogP) is 1.80. The fourth-order valence-corrected chi connectivity index (χ4v) is 0.718. The van der Waals surface area contributed by atoms with Crippen molar-refractivity contribution in [2.75, 3.05) is 5.73 Å². The van der Waals surface area contributed by atoms with Gasteiger partial charge in [0.05, 0.1) is 0 Å². The standard InChI is InChI=1S/C8H9NO/c1-6(10)7-3-2-4-8(9)5-7/h2-5,10H,1,9H2. The average molecular weight is 135 g/mol. The van der Waals surface area contributed by atoms with E-state index in [1.807, 2.05) is 0 Å². The number of hydrogen-bond acceptors (Lipinski definition) is 2. The van der Waals surface area contributed by atoms with E-state index in [9.17, 15) is 0 Å². The molecule has 2 nitrogen and oxygen atoms in total. The molecule has 0 unspecified atom stereocenters. The van der Waals surface area contributed by atoms with Gasteiger partial charge in [-0.3, -0.25) is 0 Å². The van der Waals surface area contributed by atoms with Crippen LogP contribution in [0, 0.1) is 0 Å². The Morgan fingerprint density at radius 2 is 2.20 bits per heavy atom. The second-order valence-electron chi connectivity index (χ2n) is 2.07. The van der Waals surface area contributed by atoms with Crippen LogP contribution in [-0.2, 0) is 0 Å². The van der Waals surface area contributed by atoms with Crippen molar-refractivity contribution in [3.63, 3.8) is 0 Å². The van der Waals surface area contributed by atoms with Crippen LogP contribution in [0.25, 0.3) is 5.76 Å². The van der Waals surface area contributed by atoms with Crippen molar-refractivity contribution in [1.82, 2.24) is 0 Å². The maximum atomic E-state index is 8.90. The van der Waals surface area contributed by atoms with Gasteiger partial charge in [0.25, 0.3) is 0 Å². The minimum absolute atomic E-state index is 0.0484. The zero-order valence-electron chi connectivity index (χ0n) is 5.54. The molecule has 1 rings (SSSR count). The minimum atomic E-state index is 0.0484. The second-order valence-corrected chi connectivity index (χ2v) is 2.07. The van der Waals surface area contributed by atoms with E-state index in [-0.39, 0.29) is 5.76 Å². The number of rotatable bonds is 1. The summed E-state index contributed by atoms with van der Waals surface area (Å²) in [6, 6.07) is 6.94. The molecule has 0 heterocycles. The third-order valence-corrected chi connectivity index (χ3v) is 1.22. The molecule has 0 fully saturated rings. The third-order valence-electron chi connectivity index (χ3n) is 1.22. The Morgan fingerprint density at radius 1 is 1.50 bits per heavy atom. The molecule has 1 aromatic rings. The van der Waals surface area contributed by atoms with Crippen molar-refractivity contribution in [1.29, 1.82) is 0 Å². The molecular formula is C8H9NO. The minimum Gasteiger partial charge on any atom is -0.508 e. The van der Waals surface area contributed by atoms with Crippen LogP contribution in [0.3, 0.4) is 0 Å². The molecule has 0 aromatic heterocycles. The van der Waals surface area contributed by atoms with E-state index in [2.05, 4.69) is 6.58 Å². The lowest BCUT2D eigenvalue weighted by Crippen LogP contribution is -1.86. The zero-order valence-corrected chi connectivity index (χ0v) is 5.54. The highest BCUT2D eigenvalue weighted by atomic mass is 16.3. The van der Waals surface area contributed by atoms with E-state index in [4.69, 9.17) is 10.8 Å². The first kappa shape index (κ1) is 6.68. The van der Waals surface area contributed by atoms with Gasteiger partial charge in [-0.1, -0.05) is 18.7 Å². The molecule has 3 N–H and O–H groups in total. The predicted molar refractivity (Wildman–Crippen MR) is 42.5 cm³/mol. The Kier molecular flexibility index (Phi) is 1.63. The van der Waals surface area contributed by atoms with Crippen molar-refractivity contribution in [2.24, 2.45) is 0 Å². The van der Waals surface area contributed by atoms with E-state index >= 15 is 0 Å². The molecule has 10 heavy (non-hydrogen) atoms. The molecule has 0 radical (unpaired) electrons. The largest absolute Gasteiger partial charge is 0.508 e. The van der Waals surface area contributed by atoms with Gasteiger partial charge in [-0.25, -0.2) is 0 Å². The summed E-state index contributed by atoms with van der Waals surface area (Å²) >= 11 is 0. The quantitative estimate of drug-likeness (QED) is 0.455. The summed E-state index contributed by atoms with van der Waals surface area (Å²) in [4.78, 5) is 0. The summed E-state index contributed by atoms with van der Waals surface area (Å²) in [7, 11) is 0. The molecule has 0 aliphatic rings. The first-order valence-corrected chi connectivity index (χ1v) is 2.94. The average Bonchev–Trinajstić information content (AvgIpc) is 1.88. The maximum Gasteiger partial charge on any atom is 0.115 e. The van der Waals surface area contributed by atoms with Gasteiger partial charge < -0.3 is 10.8 Å². The molecule has 2 heteroatoms. The van der Waals surface area contributed by atoms with Crippen LogP contribution in [0.4, 0.5) is 5.69 Å². The van der Waals surface area contributed by atoms with Gasteiger partial charge in [-0.05, 0) is 12.1 Å². The molecule has 0 saturated carbocycles. The molecule has 1 aromatic carbocycles. The summed E-state index contributed by atoms with van der Waals surface area (Å²) < 4.78 is 0. The SMILES string of the molecule is C=C(O)c1cccc(N)c1. The highest BCUT2D eigenvalue weighted by Crippen LogP contribution is 2.11. The summed E-state index contributed by atoms with van der Waals surface area (Å²) in [6.45, 7) is 3.37. The first-order chi connectivity index (χ1) is 4.70. The fourth-order valence-electron chi connectivity index (χ4n) is 0.718. The maximum absolute atomic E-state index is 8.90. The van der Waals surface area contributed by atoms with E-state index in [1.165, 1.54) is 0 Å². The topological polar surface area (TPSA) is 46.2 Å². The first-order valence-electron chi connectivity index (χ1n) is 2.94. The lowest BCUT2D eigenvalue weighted by Gasteiger charge is -1.97. The van der Waals surface area contributed by atoms with E-state index < -0.39 is 0 Å². The monoisotopic (exact) mass is 135 g/mol. The molecule has 0 spiro atoms. The van der Waals surface area contributed by atoms with Crippen LogP contribution in [-0.4, -0.2) is 5.11 Å². The Morgan fingerprint density at radius 3 is 2.60 bits per heavy atom. The van der Waals surface area contributed by atoms with Crippen molar-refractivity contribution in [3.05, 3.63) is 36.4 Å². The van der Waals surface area contributed by atoms with Crippen molar-refractivity contribution >= 4 is 11.4 Å². The van der Waals surface area contributed by atoms with E-state index in [0.29, 0.717) is 11.3 Å². The van der Waals surface area contributed by atoms with Crippen LogP contribution in [0.5, 0.6) is 0 Å². The molecule has 0 amide bonds. The van der Waals surface area contributed by atoms with Crippen molar-refractivity contribution < 1.29 is 5.11 Å². The lowest BCUT2D eigenvalue weighted by atomic mass is 10.2.